The highest BCUT2D eigenvalue weighted by atomic mass is 32.2. The van der Waals surface area contributed by atoms with Crippen LogP contribution in [0.2, 0.25) is 0 Å². The van der Waals surface area contributed by atoms with Gasteiger partial charge in [-0.2, -0.15) is 0 Å². The molecule has 4 fully saturated rings. The summed E-state index contributed by atoms with van der Waals surface area (Å²) >= 11 is 0. The van der Waals surface area contributed by atoms with Crippen molar-refractivity contribution >= 4 is 44.4 Å². The zero-order valence-corrected chi connectivity index (χ0v) is 33.8. The molecule has 3 saturated carbocycles. The van der Waals surface area contributed by atoms with Crippen molar-refractivity contribution in [2.45, 2.75) is 141 Å². The number of allylic oxidation sites excluding steroid dienone is 1. The summed E-state index contributed by atoms with van der Waals surface area (Å²) in [6, 6.07) is 8.17. The molecule has 1 aromatic heterocycles. The molecular formula is C43H57N3O9S. The minimum absolute atomic E-state index is 0.0166. The van der Waals surface area contributed by atoms with E-state index in [0.717, 1.165) is 56.8 Å². The normalized spacial score (nSPS) is 30.5. The number of hydrogen-bond acceptors (Lipinski definition) is 9. The van der Waals surface area contributed by atoms with E-state index in [0.29, 0.717) is 30.7 Å². The predicted molar refractivity (Wildman–Crippen MR) is 211 cm³/mol. The smallest absolute Gasteiger partial charge is 0.306 e. The van der Waals surface area contributed by atoms with Gasteiger partial charge in [-0.05, 0) is 80.1 Å². The largest absolute Gasteiger partial charge is 0.473 e. The summed E-state index contributed by atoms with van der Waals surface area (Å²) < 4.78 is 42.3. The SMILES string of the molecule is C=C[C@@H]1C[C@]1(CC(=O)[C@@H]1C[C@@H]2CN1C(=O)[C@H](C(C)(C)C)CC(=O)O[C@@H]1CCC[C@H]1CCCCCCn1c(cc3ccccc3c1=O)O2)C(=O)NS(=O)(=O)C1CC1. The molecule has 304 valence electrons. The third-order valence-electron chi connectivity index (χ3n) is 13.0. The van der Waals surface area contributed by atoms with E-state index in [9.17, 15) is 32.4 Å². The molecule has 2 aromatic rings. The monoisotopic (exact) mass is 791 g/mol. The summed E-state index contributed by atoms with van der Waals surface area (Å²) in [5.41, 5.74) is -2.15. The topological polar surface area (TPSA) is 158 Å². The highest BCUT2D eigenvalue weighted by molar-refractivity contribution is 7.90. The van der Waals surface area contributed by atoms with Crippen LogP contribution in [0, 0.1) is 28.6 Å². The number of sulfonamides is 1. The standard InChI is InChI=1S/C43H57N3O9S/c1-5-29-24-43(29,41(51)44-56(52,53)31-18-19-31)25-35(47)34-22-30-26-46(34)40(50)33(42(2,3)4)23-38(48)55-36-17-12-15-27(36)13-8-6-7-11-20-45-37(54-30)21-28-14-9-10-16-32(28)39(45)49/h5,9-10,14,16,21,27,29-31,33-34,36H,1,6-8,11-13,15,17-20,22-26H2,2-4H3,(H,44,51)/t27-,29-,30-,33-,34+,36-,43-/m1/s1. The number of carbonyl (C=O) groups excluding carboxylic acids is 4. The fourth-order valence-corrected chi connectivity index (χ4v) is 10.7. The van der Waals surface area contributed by atoms with Crippen molar-refractivity contribution in [2.75, 3.05) is 6.54 Å². The molecule has 7 atom stereocenters. The number of Topliss-reactive ketones (excluding diaryl/α,β-unsaturated/α-hetero) is 1. The number of nitrogens with zero attached hydrogens (tertiary/aromatic N) is 2. The summed E-state index contributed by atoms with van der Waals surface area (Å²) in [7, 11) is -3.86. The van der Waals surface area contributed by atoms with Gasteiger partial charge in [-0.3, -0.25) is 33.3 Å². The molecule has 13 heteroatoms. The molecule has 2 amide bonds. The molecule has 56 heavy (non-hydrogen) atoms. The van der Waals surface area contributed by atoms with Crippen molar-refractivity contribution in [1.29, 1.82) is 0 Å². The molecule has 1 saturated heterocycles. The molecule has 2 aliphatic heterocycles. The maximum Gasteiger partial charge on any atom is 0.306 e. The number of fused-ring (bicyclic) bond motifs is 5. The maximum absolute atomic E-state index is 14.8. The van der Waals surface area contributed by atoms with Gasteiger partial charge in [0.25, 0.3) is 5.56 Å². The zero-order chi connectivity index (χ0) is 40.0. The number of pyridine rings is 1. The van der Waals surface area contributed by atoms with E-state index in [1.54, 1.807) is 16.7 Å². The molecule has 5 aliphatic rings. The fraction of sp³-hybridized carbons (Fsp3) is 0.651. The molecule has 1 aromatic carbocycles. The van der Waals surface area contributed by atoms with Crippen LogP contribution >= 0.6 is 0 Å². The van der Waals surface area contributed by atoms with Crippen LogP contribution in [0.15, 0.2) is 47.8 Å². The second-order valence-corrected chi connectivity index (χ2v) is 20.0. The number of benzene rings is 1. The predicted octanol–water partition coefficient (Wildman–Crippen LogP) is 5.84. The number of esters is 1. The van der Waals surface area contributed by atoms with Crippen LogP contribution in [0.3, 0.4) is 0 Å². The number of amides is 2. The second kappa shape index (κ2) is 15.7. The summed E-state index contributed by atoms with van der Waals surface area (Å²) in [4.78, 5) is 72.1. The lowest BCUT2D eigenvalue weighted by atomic mass is 9.77. The van der Waals surface area contributed by atoms with Crippen molar-refractivity contribution < 1.29 is 37.1 Å². The van der Waals surface area contributed by atoms with Crippen LogP contribution in [-0.2, 0) is 40.5 Å². The number of aromatic nitrogens is 1. The zero-order valence-electron chi connectivity index (χ0n) is 33.0. The number of rotatable bonds is 7. The average Bonchev–Trinajstić information content (AvgIpc) is 4.04. The molecule has 12 nitrogen and oxygen atoms in total. The molecule has 2 bridgehead atoms. The van der Waals surface area contributed by atoms with Gasteiger partial charge in [-0.15, -0.1) is 6.58 Å². The van der Waals surface area contributed by atoms with Crippen LogP contribution in [0.4, 0.5) is 0 Å². The minimum Gasteiger partial charge on any atom is -0.473 e. The van der Waals surface area contributed by atoms with Crippen molar-refractivity contribution in [3.05, 3.63) is 53.3 Å². The number of carbonyl (C=O) groups is 4. The highest BCUT2D eigenvalue weighted by Crippen LogP contribution is 2.57. The summed E-state index contributed by atoms with van der Waals surface area (Å²) in [5, 5.41) is 0.682. The third-order valence-corrected chi connectivity index (χ3v) is 14.9. The first-order valence-corrected chi connectivity index (χ1v) is 22.2. The maximum atomic E-state index is 14.8. The van der Waals surface area contributed by atoms with Gasteiger partial charge < -0.3 is 14.4 Å². The Balaban J connectivity index is 1.23. The van der Waals surface area contributed by atoms with Crippen LogP contribution in [0.1, 0.15) is 111 Å². The Morgan fingerprint density at radius 3 is 2.43 bits per heavy atom. The van der Waals surface area contributed by atoms with Crippen LogP contribution < -0.4 is 15.0 Å². The highest BCUT2D eigenvalue weighted by Gasteiger charge is 2.61. The average molecular weight is 792 g/mol. The minimum atomic E-state index is -3.86. The molecule has 3 aliphatic carbocycles. The van der Waals surface area contributed by atoms with Gasteiger partial charge in [0, 0.05) is 30.8 Å². The molecule has 1 N–H and O–H groups in total. The number of ether oxygens (including phenoxy) is 2. The van der Waals surface area contributed by atoms with Crippen molar-refractivity contribution in [2.24, 2.45) is 28.6 Å². The number of nitrogens with one attached hydrogen (secondary N) is 1. The first kappa shape index (κ1) is 40.2. The Labute approximate surface area is 329 Å². The quantitative estimate of drug-likeness (QED) is 0.269. The lowest BCUT2D eigenvalue weighted by Crippen LogP contribution is -2.48. The Morgan fingerprint density at radius 2 is 1.71 bits per heavy atom. The summed E-state index contributed by atoms with van der Waals surface area (Å²) in [5.74, 6) is -2.54. The molecule has 0 spiro atoms. The van der Waals surface area contributed by atoms with E-state index in [-0.39, 0.29) is 55.7 Å². The van der Waals surface area contributed by atoms with Crippen molar-refractivity contribution in [3.8, 4) is 5.88 Å². The van der Waals surface area contributed by atoms with Crippen LogP contribution in [0.25, 0.3) is 10.8 Å². The summed E-state index contributed by atoms with van der Waals surface area (Å²) in [6.07, 6.45) is 8.93. The van der Waals surface area contributed by atoms with Gasteiger partial charge in [0.05, 0.1) is 35.6 Å². The Kier molecular flexibility index (Phi) is 11.3. The molecule has 3 heterocycles. The Hall–Kier alpha value is -4.00. The summed E-state index contributed by atoms with van der Waals surface area (Å²) in [6.45, 7) is 9.98. The van der Waals surface area contributed by atoms with E-state index in [4.69, 9.17) is 9.47 Å². The first-order valence-electron chi connectivity index (χ1n) is 20.6. The molecule has 0 radical (unpaired) electrons. The van der Waals surface area contributed by atoms with Crippen LogP contribution in [-0.4, -0.2) is 71.5 Å². The van der Waals surface area contributed by atoms with Gasteiger partial charge in [-0.25, -0.2) is 8.42 Å². The lowest BCUT2D eigenvalue weighted by molar-refractivity contribution is -0.158. The second-order valence-electron chi connectivity index (χ2n) is 18.1. The molecule has 7 rings (SSSR count). The van der Waals surface area contributed by atoms with Gasteiger partial charge >= 0.3 is 5.97 Å². The fourth-order valence-electron chi connectivity index (χ4n) is 9.36. The number of ketones is 1. The van der Waals surface area contributed by atoms with E-state index in [1.807, 2.05) is 45.0 Å². The van der Waals surface area contributed by atoms with E-state index < -0.39 is 67.7 Å². The Morgan fingerprint density at radius 1 is 0.982 bits per heavy atom. The van der Waals surface area contributed by atoms with E-state index in [2.05, 4.69) is 11.3 Å². The van der Waals surface area contributed by atoms with Gasteiger partial charge in [-0.1, -0.05) is 64.3 Å². The first-order chi connectivity index (χ1) is 26.6. The molecular weight excluding hydrogens is 735 g/mol. The van der Waals surface area contributed by atoms with Gasteiger partial charge in [0.15, 0.2) is 11.7 Å². The van der Waals surface area contributed by atoms with E-state index in [1.165, 1.54) is 4.90 Å². The van der Waals surface area contributed by atoms with Gasteiger partial charge in [0.1, 0.15) is 12.2 Å². The Bertz CT molecular complexity index is 2050. The van der Waals surface area contributed by atoms with Crippen molar-refractivity contribution in [3.63, 3.8) is 0 Å². The lowest BCUT2D eigenvalue weighted by Gasteiger charge is -2.35. The number of hydrogen-bond donors (Lipinski definition) is 1. The van der Waals surface area contributed by atoms with E-state index >= 15 is 0 Å². The van der Waals surface area contributed by atoms with Crippen LogP contribution in [0.5, 0.6) is 5.88 Å². The molecule has 0 unspecified atom stereocenters. The van der Waals surface area contributed by atoms with Gasteiger partial charge in [0.2, 0.25) is 21.8 Å². The van der Waals surface area contributed by atoms with Crippen molar-refractivity contribution in [1.82, 2.24) is 14.2 Å². The third kappa shape index (κ3) is 8.34.